The number of halogens is 3. The number of rotatable bonds is 4. The van der Waals surface area contributed by atoms with Crippen LogP contribution >= 0.6 is 23.2 Å². The molecule has 0 amide bonds. The van der Waals surface area contributed by atoms with Gasteiger partial charge in [-0.2, -0.15) is 0 Å². The number of alkyl halides is 1. The second-order valence-corrected chi connectivity index (χ2v) is 4.27. The highest BCUT2D eigenvalue weighted by Crippen LogP contribution is 2.26. The molecule has 0 saturated heterocycles. The average Bonchev–Trinajstić information content (AvgIpc) is 2.61. The Kier molecular flexibility index (Phi) is 3.66. The summed E-state index contributed by atoms with van der Waals surface area (Å²) in [4.78, 5) is 4.17. The van der Waals surface area contributed by atoms with Crippen molar-refractivity contribution in [2.75, 3.05) is 5.88 Å². The molecular formula is C11H10Cl2FNO. The number of unbranched alkanes of at least 4 members (excludes halogenated alkanes) is 1. The lowest BCUT2D eigenvalue weighted by Crippen LogP contribution is -1.85. The molecule has 2 rings (SSSR count). The van der Waals surface area contributed by atoms with Crippen LogP contribution < -0.4 is 0 Å². The molecule has 0 unspecified atom stereocenters. The monoisotopic (exact) mass is 261 g/mol. The van der Waals surface area contributed by atoms with Crippen LogP contribution in [0.25, 0.3) is 11.1 Å². The molecule has 0 spiro atoms. The average molecular weight is 262 g/mol. The first-order valence-electron chi connectivity index (χ1n) is 5.01. The molecule has 0 aliphatic rings. The topological polar surface area (TPSA) is 26.0 Å². The second-order valence-electron chi connectivity index (χ2n) is 3.49. The molecule has 0 aliphatic carbocycles. The van der Waals surface area contributed by atoms with E-state index in [1.54, 1.807) is 0 Å². The standard InChI is InChI=1S/C11H10Cl2FNO/c12-4-2-1-3-10-15-9-6-7(14)5-8(13)11(9)16-10/h5-6H,1-4H2. The summed E-state index contributed by atoms with van der Waals surface area (Å²) >= 11 is 11.4. The van der Waals surface area contributed by atoms with Crippen molar-refractivity contribution in [2.24, 2.45) is 0 Å². The van der Waals surface area contributed by atoms with Crippen molar-refractivity contribution in [1.82, 2.24) is 4.98 Å². The number of hydrogen-bond acceptors (Lipinski definition) is 2. The number of oxazole rings is 1. The van der Waals surface area contributed by atoms with Crippen LogP contribution in [0.2, 0.25) is 5.02 Å². The van der Waals surface area contributed by atoms with Crippen LogP contribution in [-0.4, -0.2) is 10.9 Å². The predicted molar refractivity (Wildman–Crippen MR) is 62.6 cm³/mol. The van der Waals surface area contributed by atoms with Gasteiger partial charge < -0.3 is 4.42 Å². The molecule has 0 N–H and O–H groups in total. The zero-order chi connectivity index (χ0) is 11.5. The summed E-state index contributed by atoms with van der Waals surface area (Å²) in [6.07, 6.45) is 2.50. The van der Waals surface area contributed by atoms with E-state index in [1.165, 1.54) is 12.1 Å². The van der Waals surface area contributed by atoms with Crippen LogP contribution in [0, 0.1) is 5.82 Å². The molecule has 0 aliphatic heterocycles. The van der Waals surface area contributed by atoms with Crippen molar-refractivity contribution in [2.45, 2.75) is 19.3 Å². The molecule has 1 aromatic carbocycles. The number of nitrogens with zero attached hydrogens (tertiary/aromatic N) is 1. The third kappa shape index (κ3) is 2.47. The van der Waals surface area contributed by atoms with Gasteiger partial charge >= 0.3 is 0 Å². The van der Waals surface area contributed by atoms with Crippen molar-refractivity contribution in [3.8, 4) is 0 Å². The molecule has 0 bridgehead atoms. The molecule has 16 heavy (non-hydrogen) atoms. The highest BCUT2D eigenvalue weighted by atomic mass is 35.5. The molecule has 2 nitrogen and oxygen atoms in total. The van der Waals surface area contributed by atoms with Crippen LogP contribution in [0.3, 0.4) is 0 Å². The molecule has 1 heterocycles. The van der Waals surface area contributed by atoms with Gasteiger partial charge in [0.15, 0.2) is 11.5 Å². The van der Waals surface area contributed by atoms with Crippen LogP contribution in [0.5, 0.6) is 0 Å². The fraction of sp³-hybridized carbons (Fsp3) is 0.364. The first-order chi connectivity index (χ1) is 7.70. The van der Waals surface area contributed by atoms with Crippen molar-refractivity contribution < 1.29 is 8.81 Å². The Hall–Kier alpha value is -0.800. The zero-order valence-electron chi connectivity index (χ0n) is 8.47. The normalized spacial score (nSPS) is 11.2. The molecule has 1 aromatic heterocycles. The van der Waals surface area contributed by atoms with Crippen LogP contribution in [0.1, 0.15) is 18.7 Å². The van der Waals surface area contributed by atoms with Gasteiger partial charge in [-0.1, -0.05) is 11.6 Å². The van der Waals surface area contributed by atoms with E-state index < -0.39 is 5.82 Å². The Morgan fingerprint density at radius 3 is 2.88 bits per heavy atom. The lowest BCUT2D eigenvalue weighted by Gasteiger charge is -1.92. The number of benzene rings is 1. The number of aromatic nitrogens is 1. The Morgan fingerprint density at radius 1 is 1.31 bits per heavy atom. The van der Waals surface area contributed by atoms with E-state index in [0.717, 1.165) is 12.8 Å². The van der Waals surface area contributed by atoms with Crippen molar-refractivity contribution in [3.05, 3.63) is 28.9 Å². The molecule has 2 aromatic rings. The summed E-state index contributed by atoms with van der Waals surface area (Å²) in [6.45, 7) is 0. The van der Waals surface area contributed by atoms with Gasteiger partial charge in [-0.25, -0.2) is 9.37 Å². The third-order valence-corrected chi connectivity index (χ3v) is 2.78. The van der Waals surface area contributed by atoms with Crippen LogP contribution in [0.15, 0.2) is 16.5 Å². The Labute approximate surface area is 102 Å². The summed E-state index contributed by atoms with van der Waals surface area (Å²) in [5.74, 6) is 0.793. The van der Waals surface area contributed by atoms with E-state index in [9.17, 15) is 4.39 Å². The maximum absolute atomic E-state index is 13.0. The minimum atomic E-state index is -0.405. The Balaban J connectivity index is 2.26. The van der Waals surface area contributed by atoms with Crippen molar-refractivity contribution >= 4 is 34.3 Å². The second kappa shape index (κ2) is 5.02. The zero-order valence-corrected chi connectivity index (χ0v) is 9.98. The van der Waals surface area contributed by atoms with Gasteiger partial charge in [-0.05, 0) is 18.9 Å². The summed E-state index contributed by atoms with van der Waals surface area (Å²) < 4.78 is 18.5. The molecule has 0 radical (unpaired) electrons. The summed E-state index contributed by atoms with van der Waals surface area (Å²) in [5, 5.41) is 0.256. The number of aryl methyl sites for hydroxylation is 1. The summed E-state index contributed by atoms with van der Waals surface area (Å²) in [5.41, 5.74) is 0.912. The predicted octanol–water partition coefficient (Wildman–Crippen LogP) is 4.18. The maximum atomic E-state index is 13.0. The van der Waals surface area contributed by atoms with Crippen molar-refractivity contribution in [3.63, 3.8) is 0 Å². The summed E-state index contributed by atoms with van der Waals surface area (Å²) in [6, 6.07) is 2.54. The lowest BCUT2D eigenvalue weighted by molar-refractivity contribution is 0.518. The fourth-order valence-corrected chi connectivity index (χ4v) is 1.91. The van der Waals surface area contributed by atoms with E-state index in [2.05, 4.69) is 4.98 Å². The quantitative estimate of drug-likeness (QED) is 0.610. The van der Waals surface area contributed by atoms with Gasteiger partial charge in [-0.15, -0.1) is 11.6 Å². The first-order valence-corrected chi connectivity index (χ1v) is 5.92. The molecule has 0 fully saturated rings. The fourth-order valence-electron chi connectivity index (χ4n) is 1.48. The van der Waals surface area contributed by atoms with Gasteiger partial charge in [0.05, 0.1) is 5.02 Å². The molecule has 86 valence electrons. The van der Waals surface area contributed by atoms with Gasteiger partial charge in [-0.3, -0.25) is 0 Å². The van der Waals surface area contributed by atoms with E-state index in [4.69, 9.17) is 27.6 Å². The SMILES string of the molecule is Fc1cc(Cl)c2oc(CCCCCl)nc2c1. The molecular weight excluding hydrogens is 252 g/mol. The highest BCUT2D eigenvalue weighted by molar-refractivity contribution is 6.34. The molecule has 0 atom stereocenters. The van der Waals surface area contributed by atoms with Crippen molar-refractivity contribution in [1.29, 1.82) is 0 Å². The van der Waals surface area contributed by atoms with E-state index in [-0.39, 0.29) is 5.02 Å². The van der Waals surface area contributed by atoms with Gasteiger partial charge in [0.1, 0.15) is 11.3 Å². The Morgan fingerprint density at radius 2 is 2.12 bits per heavy atom. The first kappa shape index (κ1) is 11.7. The number of fused-ring (bicyclic) bond motifs is 1. The van der Waals surface area contributed by atoms with Gasteiger partial charge in [0.25, 0.3) is 0 Å². The highest BCUT2D eigenvalue weighted by Gasteiger charge is 2.10. The third-order valence-electron chi connectivity index (χ3n) is 2.23. The van der Waals surface area contributed by atoms with Gasteiger partial charge in [0, 0.05) is 18.4 Å². The van der Waals surface area contributed by atoms with Crippen LogP contribution in [-0.2, 0) is 6.42 Å². The van der Waals surface area contributed by atoms with E-state index >= 15 is 0 Å². The maximum Gasteiger partial charge on any atom is 0.195 e. The molecule has 0 saturated carbocycles. The number of hydrogen-bond donors (Lipinski definition) is 0. The minimum Gasteiger partial charge on any atom is -0.439 e. The van der Waals surface area contributed by atoms with E-state index in [1.807, 2.05) is 0 Å². The smallest absolute Gasteiger partial charge is 0.195 e. The Bertz CT molecular complexity index is 498. The largest absolute Gasteiger partial charge is 0.439 e. The van der Waals surface area contributed by atoms with E-state index in [0.29, 0.717) is 29.3 Å². The molecule has 5 heteroatoms. The lowest BCUT2D eigenvalue weighted by atomic mass is 10.2. The van der Waals surface area contributed by atoms with Crippen LogP contribution in [0.4, 0.5) is 4.39 Å². The minimum absolute atomic E-state index is 0.256. The summed E-state index contributed by atoms with van der Waals surface area (Å²) in [7, 11) is 0. The van der Waals surface area contributed by atoms with Gasteiger partial charge in [0.2, 0.25) is 0 Å².